The Bertz CT molecular complexity index is 723. The number of aromatic nitrogens is 2. The van der Waals surface area contributed by atoms with Crippen LogP contribution < -0.4 is 10.7 Å². The van der Waals surface area contributed by atoms with Crippen LogP contribution in [0.2, 0.25) is 5.02 Å². The van der Waals surface area contributed by atoms with Gasteiger partial charge in [-0.1, -0.05) is 11.6 Å². The fourth-order valence-electron chi connectivity index (χ4n) is 1.26. The molecule has 0 radical (unpaired) electrons. The van der Waals surface area contributed by atoms with Gasteiger partial charge in [-0.2, -0.15) is 0 Å². The van der Waals surface area contributed by atoms with E-state index in [1.807, 2.05) is 0 Å². The first kappa shape index (κ1) is 11.1. The minimum atomic E-state index is -3.92. The summed E-state index contributed by atoms with van der Waals surface area (Å²) in [5, 5.41) is 4.93. The lowest BCUT2D eigenvalue weighted by atomic mass is 10.3. The van der Waals surface area contributed by atoms with Crippen molar-refractivity contribution in [2.24, 2.45) is 5.14 Å². The molecule has 1 heterocycles. The second-order valence-corrected chi connectivity index (χ2v) is 5.03. The molecule has 2 rings (SSSR count). The van der Waals surface area contributed by atoms with Crippen LogP contribution in [0.25, 0.3) is 11.0 Å². The van der Waals surface area contributed by atoms with E-state index in [1.54, 1.807) is 0 Å². The van der Waals surface area contributed by atoms with Crippen LogP contribution in [-0.4, -0.2) is 18.4 Å². The van der Waals surface area contributed by atoms with Crippen LogP contribution in [0, 0.1) is 0 Å². The molecule has 0 bridgehead atoms. The quantitative estimate of drug-likeness (QED) is 0.764. The zero-order chi connectivity index (χ0) is 11.9. The van der Waals surface area contributed by atoms with E-state index < -0.39 is 15.6 Å². The molecule has 0 fully saturated rings. The maximum atomic E-state index is 11.2. The van der Waals surface area contributed by atoms with Crippen LogP contribution >= 0.6 is 11.6 Å². The van der Waals surface area contributed by atoms with Crippen LogP contribution in [0.3, 0.4) is 0 Å². The van der Waals surface area contributed by atoms with E-state index in [0.29, 0.717) is 5.52 Å². The zero-order valence-electron chi connectivity index (χ0n) is 7.77. The van der Waals surface area contributed by atoms with Gasteiger partial charge in [-0.25, -0.2) is 18.5 Å². The van der Waals surface area contributed by atoms with Crippen molar-refractivity contribution in [3.05, 3.63) is 33.7 Å². The smallest absolute Gasteiger partial charge is 0.266 e. The number of hydrogen-bond acceptors (Lipinski definition) is 4. The van der Waals surface area contributed by atoms with Crippen LogP contribution in [0.15, 0.2) is 28.0 Å². The molecular weight excluding hydrogens is 254 g/mol. The lowest BCUT2D eigenvalue weighted by Crippen LogP contribution is -2.13. The third-order valence-corrected chi connectivity index (χ3v) is 3.31. The Morgan fingerprint density at radius 3 is 2.69 bits per heavy atom. The predicted octanol–water partition coefficient (Wildman–Crippen LogP) is 0.224. The molecule has 1 aromatic heterocycles. The monoisotopic (exact) mass is 259 g/mol. The molecule has 0 aliphatic rings. The molecule has 8 heteroatoms. The molecule has 2 aromatic rings. The van der Waals surface area contributed by atoms with Crippen molar-refractivity contribution >= 4 is 32.7 Å². The molecule has 16 heavy (non-hydrogen) atoms. The standard InChI is InChI=1S/C8H6ClN3O3S/c9-4-1-5-6(12-8(13)3-11-5)2-7(4)16(10,14)15/h1-3H,(H,12,13)(H2,10,14,15). The Kier molecular flexibility index (Phi) is 2.45. The molecule has 0 amide bonds. The Morgan fingerprint density at radius 1 is 1.38 bits per heavy atom. The number of nitrogens with one attached hydrogen (secondary N) is 1. The van der Waals surface area contributed by atoms with E-state index in [-0.39, 0.29) is 15.4 Å². The second-order valence-electron chi connectivity index (χ2n) is 3.09. The number of sulfonamides is 1. The molecule has 0 spiro atoms. The van der Waals surface area contributed by atoms with E-state index >= 15 is 0 Å². The molecule has 0 saturated carbocycles. The molecule has 1 aromatic carbocycles. The van der Waals surface area contributed by atoms with Gasteiger partial charge in [-0.3, -0.25) is 4.79 Å². The van der Waals surface area contributed by atoms with Crippen LogP contribution in [0.4, 0.5) is 0 Å². The van der Waals surface area contributed by atoms with Gasteiger partial charge in [-0.05, 0) is 12.1 Å². The van der Waals surface area contributed by atoms with Crippen molar-refractivity contribution < 1.29 is 8.42 Å². The summed E-state index contributed by atoms with van der Waals surface area (Å²) >= 11 is 5.74. The first-order chi connectivity index (χ1) is 7.38. The molecular formula is C8H6ClN3O3S. The topological polar surface area (TPSA) is 106 Å². The minimum absolute atomic E-state index is 0.0328. The normalized spacial score (nSPS) is 11.9. The highest BCUT2D eigenvalue weighted by Gasteiger charge is 2.14. The van der Waals surface area contributed by atoms with Crippen molar-refractivity contribution in [2.45, 2.75) is 4.90 Å². The number of fused-ring (bicyclic) bond motifs is 1. The van der Waals surface area contributed by atoms with Gasteiger partial charge in [0.25, 0.3) is 5.56 Å². The highest BCUT2D eigenvalue weighted by Crippen LogP contribution is 2.23. The number of rotatable bonds is 1. The summed E-state index contributed by atoms with van der Waals surface area (Å²) in [5.41, 5.74) is 0.216. The number of primary sulfonamides is 1. The molecule has 0 atom stereocenters. The van der Waals surface area contributed by atoms with Gasteiger partial charge in [-0.15, -0.1) is 0 Å². The van der Waals surface area contributed by atoms with Gasteiger partial charge in [0.05, 0.1) is 22.3 Å². The number of nitrogens with zero attached hydrogens (tertiary/aromatic N) is 1. The van der Waals surface area contributed by atoms with Gasteiger partial charge in [0.15, 0.2) is 0 Å². The summed E-state index contributed by atoms with van der Waals surface area (Å²) < 4.78 is 22.3. The lowest BCUT2D eigenvalue weighted by Gasteiger charge is -2.03. The molecule has 84 valence electrons. The van der Waals surface area contributed by atoms with Gasteiger partial charge < -0.3 is 4.98 Å². The number of halogens is 1. The third-order valence-electron chi connectivity index (χ3n) is 1.94. The van der Waals surface area contributed by atoms with E-state index in [9.17, 15) is 13.2 Å². The molecule has 3 N–H and O–H groups in total. The zero-order valence-corrected chi connectivity index (χ0v) is 9.34. The largest absolute Gasteiger partial charge is 0.319 e. The maximum absolute atomic E-state index is 11.2. The van der Waals surface area contributed by atoms with Crippen LogP contribution in [0.5, 0.6) is 0 Å². The number of aromatic amines is 1. The van der Waals surface area contributed by atoms with Crippen molar-refractivity contribution in [1.29, 1.82) is 0 Å². The minimum Gasteiger partial charge on any atom is -0.319 e. The van der Waals surface area contributed by atoms with Gasteiger partial charge in [0.1, 0.15) is 4.90 Å². The average Bonchev–Trinajstić information content (AvgIpc) is 2.16. The number of benzene rings is 1. The summed E-state index contributed by atoms with van der Waals surface area (Å²) in [6, 6.07) is 2.51. The molecule has 0 unspecified atom stereocenters. The van der Waals surface area contributed by atoms with Crippen molar-refractivity contribution in [2.75, 3.05) is 0 Å². The number of H-pyrrole nitrogens is 1. The Labute approximate surface area is 95.1 Å². The second kappa shape index (κ2) is 3.55. The lowest BCUT2D eigenvalue weighted by molar-refractivity contribution is 0.598. The highest BCUT2D eigenvalue weighted by molar-refractivity contribution is 7.89. The third kappa shape index (κ3) is 1.92. The Morgan fingerprint density at radius 2 is 2.06 bits per heavy atom. The highest BCUT2D eigenvalue weighted by atomic mass is 35.5. The summed E-state index contributed by atoms with van der Waals surface area (Å²) in [4.78, 5) is 17.0. The number of nitrogens with two attached hydrogens (primary N) is 1. The van der Waals surface area contributed by atoms with Gasteiger partial charge in [0.2, 0.25) is 10.0 Å². The Hall–Kier alpha value is -1.44. The van der Waals surface area contributed by atoms with E-state index in [4.69, 9.17) is 16.7 Å². The fraction of sp³-hybridized carbons (Fsp3) is 0. The van der Waals surface area contributed by atoms with Gasteiger partial charge in [0, 0.05) is 0 Å². The molecule has 0 saturated heterocycles. The SMILES string of the molecule is NS(=O)(=O)c1cc2[nH]c(=O)cnc2cc1Cl. The van der Waals surface area contributed by atoms with Crippen molar-refractivity contribution in [3.8, 4) is 0 Å². The summed E-state index contributed by atoms with van der Waals surface area (Å²) in [5.74, 6) is 0. The van der Waals surface area contributed by atoms with Crippen molar-refractivity contribution in [3.63, 3.8) is 0 Å². The first-order valence-electron chi connectivity index (χ1n) is 4.09. The summed E-state index contributed by atoms with van der Waals surface area (Å²) in [7, 11) is -3.92. The molecule has 0 aliphatic heterocycles. The Balaban J connectivity index is 2.90. The van der Waals surface area contributed by atoms with Crippen LogP contribution in [-0.2, 0) is 10.0 Å². The average molecular weight is 260 g/mol. The van der Waals surface area contributed by atoms with E-state index in [0.717, 1.165) is 6.20 Å². The summed E-state index contributed by atoms with van der Waals surface area (Å²) in [6.07, 6.45) is 1.08. The first-order valence-corrected chi connectivity index (χ1v) is 6.02. The van der Waals surface area contributed by atoms with E-state index in [2.05, 4.69) is 9.97 Å². The van der Waals surface area contributed by atoms with Crippen LogP contribution in [0.1, 0.15) is 0 Å². The predicted molar refractivity (Wildman–Crippen MR) is 58.7 cm³/mol. The van der Waals surface area contributed by atoms with E-state index in [1.165, 1.54) is 12.1 Å². The number of hydrogen-bond donors (Lipinski definition) is 2. The molecule has 6 nitrogen and oxygen atoms in total. The van der Waals surface area contributed by atoms with Crippen molar-refractivity contribution in [1.82, 2.24) is 9.97 Å². The maximum Gasteiger partial charge on any atom is 0.266 e. The van der Waals surface area contributed by atoms with Gasteiger partial charge >= 0.3 is 0 Å². The summed E-state index contributed by atoms with van der Waals surface area (Å²) in [6.45, 7) is 0. The molecule has 0 aliphatic carbocycles. The fourth-order valence-corrected chi connectivity index (χ4v) is 2.35.